The number of carbonyl (C=O) groups is 1. The fourth-order valence-corrected chi connectivity index (χ4v) is 1.98. The van der Waals surface area contributed by atoms with Crippen molar-refractivity contribution in [3.63, 3.8) is 0 Å². The zero-order valence-electron chi connectivity index (χ0n) is 14.6. The van der Waals surface area contributed by atoms with E-state index in [2.05, 4.69) is 19.1 Å². The predicted molar refractivity (Wildman–Crippen MR) is 96.1 cm³/mol. The largest absolute Gasteiger partial charge is 0.481 e. The van der Waals surface area contributed by atoms with Crippen LogP contribution in [0, 0.1) is 0 Å². The first-order valence-electron chi connectivity index (χ1n) is 8.77. The van der Waals surface area contributed by atoms with Crippen molar-refractivity contribution >= 4 is 5.97 Å². The van der Waals surface area contributed by atoms with Crippen LogP contribution in [0.25, 0.3) is 0 Å². The molecule has 0 saturated heterocycles. The van der Waals surface area contributed by atoms with E-state index in [1.54, 1.807) is 6.08 Å². The van der Waals surface area contributed by atoms with E-state index in [0.717, 1.165) is 12.8 Å². The zero-order valence-corrected chi connectivity index (χ0v) is 14.6. The van der Waals surface area contributed by atoms with Gasteiger partial charge >= 0.3 is 5.97 Å². The molecule has 24 heavy (non-hydrogen) atoms. The average Bonchev–Trinajstić information content (AvgIpc) is 2.55. The summed E-state index contributed by atoms with van der Waals surface area (Å²) in [6.07, 6.45) is 16.9. The summed E-state index contributed by atoms with van der Waals surface area (Å²) in [6.45, 7) is 2.18. The van der Waals surface area contributed by atoms with Crippen LogP contribution >= 0.6 is 0 Å². The number of allylic oxidation sites excluding steroid dienone is 8. The number of hydrogen-bond acceptors (Lipinski definition) is 1. The molecule has 0 spiro atoms. The lowest BCUT2D eigenvalue weighted by molar-refractivity contribution is -0.137. The molecule has 2 nitrogen and oxygen atoms in total. The second-order valence-electron chi connectivity index (χ2n) is 5.67. The van der Waals surface area contributed by atoms with Gasteiger partial charge in [0.25, 0.3) is 0 Å². The van der Waals surface area contributed by atoms with E-state index in [0.29, 0.717) is 12.8 Å². The molecular weight excluding hydrogens is 310 g/mol. The van der Waals surface area contributed by atoms with Crippen molar-refractivity contribution in [1.82, 2.24) is 0 Å². The predicted octanol–water partition coefficient (Wildman–Crippen LogP) is 6.81. The van der Waals surface area contributed by atoms with E-state index < -0.39 is 11.8 Å². The maximum atomic E-state index is 13.5. The topological polar surface area (TPSA) is 37.3 Å². The van der Waals surface area contributed by atoms with E-state index in [-0.39, 0.29) is 25.1 Å². The standard InChI is InChI=1S/C20H30F2O2/c1-2-3-4-5-6-7-8-9-10-13-18(21)16-17-19(22)14-11-12-15-20(23)24/h6-7,9-10,14,16H,2-5,8,11-13,15,17H2,1H3,(H,23,24)/b7-6-,10-9-,18-16+,19-14+. The number of halogens is 2. The van der Waals surface area contributed by atoms with Crippen LogP contribution in [0.15, 0.2) is 48.1 Å². The molecule has 0 rings (SSSR count). The molecule has 0 bridgehead atoms. The maximum Gasteiger partial charge on any atom is 0.303 e. The molecule has 0 heterocycles. The highest BCUT2D eigenvalue weighted by Gasteiger charge is 1.98. The molecule has 1 N–H and O–H groups in total. The van der Waals surface area contributed by atoms with E-state index in [4.69, 9.17) is 5.11 Å². The summed E-state index contributed by atoms with van der Waals surface area (Å²) in [6, 6.07) is 0. The van der Waals surface area contributed by atoms with E-state index in [1.807, 2.05) is 6.08 Å². The molecule has 0 aliphatic heterocycles. The molecule has 0 fully saturated rings. The molecule has 0 aliphatic rings. The summed E-state index contributed by atoms with van der Waals surface area (Å²) in [4.78, 5) is 10.3. The Morgan fingerprint density at radius 3 is 2.29 bits per heavy atom. The number of rotatable bonds is 14. The van der Waals surface area contributed by atoms with Gasteiger partial charge in [0.15, 0.2) is 0 Å². The molecule has 0 radical (unpaired) electrons. The Morgan fingerprint density at radius 1 is 0.875 bits per heavy atom. The van der Waals surface area contributed by atoms with Crippen molar-refractivity contribution in [2.24, 2.45) is 0 Å². The van der Waals surface area contributed by atoms with Gasteiger partial charge in [-0.3, -0.25) is 4.79 Å². The molecule has 0 amide bonds. The van der Waals surface area contributed by atoms with Crippen LogP contribution in [-0.2, 0) is 4.79 Å². The van der Waals surface area contributed by atoms with Crippen molar-refractivity contribution in [1.29, 1.82) is 0 Å². The van der Waals surface area contributed by atoms with E-state index in [9.17, 15) is 13.6 Å². The monoisotopic (exact) mass is 340 g/mol. The van der Waals surface area contributed by atoms with Crippen molar-refractivity contribution < 1.29 is 18.7 Å². The minimum atomic E-state index is -0.891. The van der Waals surface area contributed by atoms with Crippen LogP contribution in [-0.4, -0.2) is 11.1 Å². The second kappa shape index (κ2) is 16.2. The molecule has 0 atom stereocenters. The lowest BCUT2D eigenvalue weighted by Gasteiger charge is -1.95. The molecule has 0 unspecified atom stereocenters. The SMILES string of the molecule is CCCCC/C=C\C/C=C\C/C(F)=C\C/C(F)=C\CCCC(=O)O. The molecule has 0 aromatic heterocycles. The minimum Gasteiger partial charge on any atom is -0.481 e. The van der Waals surface area contributed by atoms with E-state index >= 15 is 0 Å². The van der Waals surface area contributed by atoms with Crippen LogP contribution in [0.1, 0.15) is 71.1 Å². The van der Waals surface area contributed by atoms with Gasteiger partial charge in [0.2, 0.25) is 0 Å². The molecule has 4 heteroatoms. The highest BCUT2D eigenvalue weighted by molar-refractivity contribution is 5.66. The van der Waals surface area contributed by atoms with Gasteiger partial charge in [-0.05, 0) is 38.2 Å². The summed E-state index contributed by atoms with van der Waals surface area (Å²) >= 11 is 0. The Morgan fingerprint density at radius 2 is 1.58 bits per heavy atom. The molecule has 0 aliphatic carbocycles. The Bertz CT molecular complexity index is 449. The lowest BCUT2D eigenvalue weighted by atomic mass is 10.2. The first kappa shape index (κ1) is 22.3. The van der Waals surface area contributed by atoms with Gasteiger partial charge in [-0.2, -0.15) is 0 Å². The molecule has 0 saturated carbocycles. The van der Waals surface area contributed by atoms with E-state index in [1.165, 1.54) is 31.4 Å². The third kappa shape index (κ3) is 16.7. The van der Waals surface area contributed by atoms with Gasteiger partial charge in [-0.1, -0.05) is 50.1 Å². The Hall–Kier alpha value is -1.71. The van der Waals surface area contributed by atoms with Gasteiger partial charge in [0.05, 0.1) is 5.83 Å². The summed E-state index contributed by atoms with van der Waals surface area (Å²) < 4.78 is 26.9. The minimum absolute atomic E-state index is 0.0197. The number of hydrogen-bond donors (Lipinski definition) is 1. The third-order valence-corrected chi connectivity index (χ3v) is 3.37. The van der Waals surface area contributed by atoms with Crippen LogP contribution in [0.5, 0.6) is 0 Å². The fraction of sp³-hybridized carbons (Fsp3) is 0.550. The van der Waals surface area contributed by atoms with Crippen molar-refractivity contribution in [2.45, 2.75) is 71.1 Å². The summed E-state index contributed by atoms with van der Waals surface area (Å²) in [5.41, 5.74) is 0. The number of aliphatic carboxylic acids is 1. The fourth-order valence-electron chi connectivity index (χ4n) is 1.98. The van der Waals surface area contributed by atoms with Crippen molar-refractivity contribution in [3.05, 3.63) is 48.1 Å². The number of carboxylic acids is 1. The Balaban J connectivity index is 3.83. The van der Waals surface area contributed by atoms with Crippen LogP contribution in [0.2, 0.25) is 0 Å². The number of carboxylic acid groups (broad SMARTS) is 1. The first-order chi connectivity index (χ1) is 11.6. The highest BCUT2D eigenvalue weighted by atomic mass is 19.1. The summed E-state index contributed by atoms with van der Waals surface area (Å²) in [5.74, 6) is -1.67. The van der Waals surface area contributed by atoms with Crippen LogP contribution in [0.3, 0.4) is 0 Å². The van der Waals surface area contributed by atoms with Crippen LogP contribution < -0.4 is 0 Å². The zero-order chi connectivity index (χ0) is 18.0. The average molecular weight is 340 g/mol. The lowest BCUT2D eigenvalue weighted by Crippen LogP contribution is -1.92. The molecule has 0 aromatic rings. The molecule has 0 aromatic carbocycles. The summed E-state index contributed by atoms with van der Waals surface area (Å²) in [7, 11) is 0. The molecular formula is C20H30F2O2. The smallest absolute Gasteiger partial charge is 0.303 e. The van der Waals surface area contributed by atoms with Gasteiger partial charge in [0, 0.05) is 19.3 Å². The van der Waals surface area contributed by atoms with Crippen LogP contribution in [0.4, 0.5) is 8.78 Å². The quantitative estimate of drug-likeness (QED) is 0.278. The van der Waals surface area contributed by atoms with Crippen molar-refractivity contribution in [3.8, 4) is 0 Å². The highest BCUT2D eigenvalue weighted by Crippen LogP contribution is 2.13. The molecule has 136 valence electrons. The maximum absolute atomic E-state index is 13.5. The van der Waals surface area contributed by atoms with Gasteiger partial charge in [-0.25, -0.2) is 8.78 Å². The normalized spacial score (nSPS) is 13.3. The third-order valence-electron chi connectivity index (χ3n) is 3.37. The summed E-state index contributed by atoms with van der Waals surface area (Å²) in [5, 5.41) is 8.46. The second-order valence-corrected chi connectivity index (χ2v) is 5.67. The van der Waals surface area contributed by atoms with Gasteiger partial charge < -0.3 is 5.11 Å². The van der Waals surface area contributed by atoms with Gasteiger partial charge in [0.1, 0.15) is 5.83 Å². The number of unbranched alkanes of at least 4 members (excludes halogenated alkanes) is 4. The Kier molecular flexibility index (Phi) is 15.0. The van der Waals surface area contributed by atoms with Gasteiger partial charge in [-0.15, -0.1) is 0 Å². The first-order valence-corrected chi connectivity index (χ1v) is 8.77. The Labute approximate surface area is 144 Å². The van der Waals surface area contributed by atoms with Crippen molar-refractivity contribution in [2.75, 3.05) is 0 Å².